The van der Waals surface area contributed by atoms with E-state index in [1.165, 1.54) is 0 Å². The van der Waals surface area contributed by atoms with Gasteiger partial charge in [-0.05, 0) is 41.5 Å². The third-order valence-corrected chi connectivity index (χ3v) is 6.23. The lowest BCUT2D eigenvalue weighted by Gasteiger charge is -2.22. The molecule has 4 aromatic rings. The molecule has 166 valence electrons. The minimum Gasteiger partial charge on any atom is -0.347 e. The number of carbonyl (C=O) groups is 3. The van der Waals surface area contributed by atoms with Crippen LogP contribution in [0.25, 0.3) is 21.8 Å². The van der Waals surface area contributed by atoms with E-state index >= 15 is 0 Å². The lowest BCUT2D eigenvalue weighted by molar-refractivity contribution is -0.134. The first-order chi connectivity index (χ1) is 15.9. The van der Waals surface area contributed by atoms with Gasteiger partial charge in [0.05, 0.1) is 17.6 Å². The van der Waals surface area contributed by atoms with Crippen molar-refractivity contribution in [3.63, 3.8) is 0 Å². The highest BCUT2D eigenvalue weighted by Crippen LogP contribution is 2.31. The van der Waals surface area contributed by atoms with Crippen LogP contribution in [0.1, 0.15) is 18.3 Å². The molecule has 0 bridgehead atoms. The second kappa shape index (κ2) is 7.74. The molecule has 0 aliphatic carbocycles. The van der Waals surface area contributed by atoms with Gasteiger partial charge in [-0.1, -0.05) is 48.5 Å². The van der Waals surface area contributed by atoms with E-state index in [1.807, 2.05) is 78.3 Å². The molecule has 1 fully saturated rings. The van der Waals surface area contributed by atoms with Gasteiger partial charge < -0.3 is 15.2 Å². The van der Waals surface area contributed by atoms with Crippen molar-refractivity contribution in [2.45, 2.75) is 19.0 Å². The number of imide groups is 1. The maximum Gasteiger partial charge on any atom is 0.325 e. The molecule has 1 atom stereocenters. The van der Waals surface area contributed by atoms with E-state index in [-0.39, 0.29) is 13.1 Å². The predicted octanol–water partition coefficient (Wildman–Crippen LogP) is 2.81. The topological polar surface area (TPSA) is 96.3 Å². The van der Waals surface area contributed by atoms with Gasteiger partial charge in [0.25, 0.3) is 5.91 Å². The van der Waals surface area contributed by atoms with Crippen LogP contribution in [0.15, 0.2) is 66.7 Å². The first-order valence-corrected chi connectivity index (χ1v) is 10.7. The average molecular weight is 441 g/mol. The van der Waals surface area contributed by atoms with Crippen molar-refractivity contribution in [1.29, 1.82) is 0 Å². The van der Waals surface area contributed by atoms with E-state index in [4.69, 9.17) is 0 Å². The van der Waals surface area contributed by atoms with E-state index in [0.717, 1.165) is 26.7 Å². The van der Waals surface area contributed by atoms with Crippen molar-refractivity contribution in [3.05, 3.63) is 78.1 Å². The lowest BCUT2D eigenvalue weighted by Crippen LogP contribution is -2.43. The number of imidazole rings is 1. The molecule has 0 unspecified atom stereocenters. The van der Waals surface area contributed by atoms with Gasteiger partial charge in [0.1, 0.15) is 17.9 Å². The molecule has 8 nitrogen and oxygen atoms in total. The zero-order valence-corrected chi connectivity index (χ0v) is 18.3. The van der Waals surface area contributed by atoms with E-state index in [9.17, 15) is 14.4 Å². The Morgan fingerprint density at radius 2 is 1.76 bits per heavy atom. The Morgan fingerprint density at radius 1 is 1.03 bits per heavy atom. The molecule has 4 amide bonds. The summed E-state index contributed by atoms with van der Waals surface area (Å²) in [5, 5.41) is 7.53. The van der Waals surface area contributed by atoms with E-state index in [0.29, 0.717) is 11.4 Å². The van der Waals surface area contributed by atoms with Crippen molar-refractivity contribution >= 4 is 39.7 Å². The molecule has 8 heteroatoms. The second-order valence-corrected chi connectivity index (χ2v) is 8.36. The summed E-state index contributed by atoms with van der Waals surface area (Å²) < 4.78 is 1.90. The minimum absolute atomic E-state index is 0.190. The first kappa shape index (κ1) is 20.7. The Balaban J connectivity index is 1.30. The molecule has 3 aromatic carbocycles. The molecule has 0 saturated carbocycles. The summed E-state index contributed by atoms with van der Waals surface area (Å²) in [6.45, 7) is 1.49. The van der Waals surface area contributed by atoms with Gasteiger partial charge in [0.2, 0.25) is 5.91 Å². The van der Waals surface area contributed by atoms with Crippen LogP contribution in [0.5, 0.6) is 0 Å². The van der Waals surface area contributed by atoms with Gasteiger partial charge in [-0.25, -0.2) is 9.78 Å². The standard InChI is InChI=1S/C25H23N5O3/c1-25(18-12-11-16-7-3-4-8-17(16)13-18)23(32)30(24(33)28-25)15-22(31)26-14-21-27-19-9-5-6-10-20(19)29(21)2/h3-13H,14-15H2,1-2H3,(H,26,31)(H,28,33)/t25-/m0/s1. The molecule has 33 heavy (non-hydrogen) atoms. The Kier molecular flexibility index (Phi) is 4.85. The fourth-order valence-electron chi connectivity index (χ4n) is 4.27. The molecular formula is C25H23N5O3. The zero-order valence-electron chi connectivity index (χ0n) is 18.3. The number of aromatic nitrogens is 2. The van der Waals surface area contributed by atoms with E-state index in [2.05, 4.69) is 15.6 Å². The largest absolute Gasteiger partial charge is 0.347 e. The summed E-state index contributed by atoms with van der Waals surface area (Å²) in [5.41, 5.74) is 1.23. The molecule has 1 aliphatic heterocycles. The molecular weight excluding hydrogens is 418 g/mol. The fraction of sp³-hybridized carbons (Fsp3) is 0.200. The number of nitrogens with one attached hydrogen (secondary N) is 2. The highest BCUT2D eigenvalue weighted by atomic mass is 16.2. The van der Waals surface area contributed by atoms with Gasteiger partial charge in [-0.3, -0.25) is 14.5 Å². The molecule has 5 rings (SSSR count). The van der Waals surface area contributed by atoms with E-state index in [1.54, 1.807) is 6.92 Å². The Labute approximate surface area is 190 Å². The quantitative estimate of drug-likeness (QED) is 0.466. The third kappa shape index (κ3) is 3.49. The van der Waals surface area contributed by atoms with Gasteiger partial charge >= 0.3 is 6.03 Å². The lowest BCUT2D eigenvalue weighted by atomic mass is 9.90. The maximum absolute atomic E-state index is 13.2. The minimum atomic E-state index is -1.24. The molecule has 2 heterocycles. The fourth-order valence-corrected chi connectivity index (χ4v) is 4.27. The zero-order chi connectivity index (χ0) is 23.2. The highest BCUT2D eigenvalue weighted by molar-refractivity contribution is 6.09. The van der Waals surface area contributed by atoms with Crippen molar-refractivity contribution < 1.29 is 14.4 Å². The number of para-hydroxylation sites is 2. The van der Waals surface area contributed by atoms with Crippen molar-refractivity contribution in [2.75, 3.05) is 6.54 Å². The molecule has 1 aromatic heterocycles. The van der Waals surface area contributed by atoms with Gasteiger partial charge in [0, 0.05) is 7.05 Å². The van der Waals surface area contributed by atoms with Crippen LogP contribution in [-0.2, 0) is 28.7 Å². The number of hydrogen-bond donors (Lipinski definition) is 2. The molecule has 0 spiro atoms. The Hall–Kier alpha value is -4.20. The van der Waals surface area contributed by atoms with Crippen LogP contribution >= 0.6 is 0 Å². The first-order valence-electron chi connectivity index (χ1n) is 10.7. The SMILES string of the molecule is Cn1c(CNC(=O)CN2C(=O)N[C@@](C)(c3ccc4ccccc4c3)C2=O)nc2ccccc21. The average Bonchev–Trinajstić information content (AvgIpc) is 3.26. The number of benzene rings is 3. The summed E-state index contributed by atoms with van der Waals surface area (Å²) in [5.74, 6) is -0.211. The van der Waals surface area contributed by atoms with Crippen molar-refractivity contribution in [1.82, 2.24) is 25.1 Å². The van der Waals surface area contributed by atoms with E-state index < -0.39 is 23.4 Å². The molecule has 2 N–H and O–H groups in total. The molecule has 1 saturated heterocycles. The number of amides is 4. The highest BCUT2D eigenvalue weighted by Gasteiger charge is 2.49. The molecule has 0 radical (unpaired) electrons. The predicted molar refractivity (Wildman–Crippen MR) is 124 cm³/mol. The van der Waals surface area contributed by atoms with Crippen molar-refractivity contribution in [2.24, 2.45) is 7.05 Å². The third-order valence-electron chi connectivity index (χ3n) is 6.23. The van der Waals surface area contributed by atoms with Crippen LogP contribution in [-0.4, -0.2) is 38.8 Å². The monoisotopic (exact) mass is 441 g/mol. The van der Waals surface area contributed by atoms with Crippen molar-refractivity contribution in [3.8, 4) is 0 Å². The normalized spacial score (nSPS) is 18.2. The van der Waals surface area contributed by atoms with Gasteiger partial charge in [-0.2, -0.15) is 0 Å². The number of nitrogens with zero attached hydrogens (tertiary/aromatic N) is 3. The van der Waals surface area contributed by atoms with Gasteiger partial charge in [0.15, 0.2) is 0 Å². The summed E-state index contributed by atoms with van der Waals surface area (Å²) in [7, 11) is 1.88. The number of fused-ring (bicyclic) bond motifs is 2. The summed E-state index contributed by atoms with van der Waals surface area (Å²) >= 11 is 0. The number of aryl methyl sites for hydroxylation is 1. The Morgan fingerprint density at radius 3 is 2.55 bits per heavy atom. The number of hydrogen-bond acceptors (Lipinski definition) is 4. The van der Waals surface area contributed by atoms with Crippen LogP contribution in [0.3, 0.4) is 0 Å². The Bertz CT molecular complexity index is 1430. The second-order valence-electron chi connectivity index (χ2n) is 8.36. The van der Waals surface area contributed by atoms with Crippen LogP contribution in [0.2, 0.25) is 0 Å². The summed E-state index contributed by atoms with van der Waals surface area (Å²) in [6, 6.07) is 20.5. The smallest absolute Gasteiger partial charge is 0.325 e. The van der Waals surface area contributed by atoms with Gasteiger partial charge in [-0.15, -0.1) is 0 Å². The van der Waals surface area contributed by atoms with Crippen LogP contribution < -0.4 is 10.6 Å². The summed E-state index contributed by atoms with van der Waals surface area (Å²) in [4.78, 5) is 43.9. The van der Waals surface area contributed by atoms with Crippen LogP contribution in [0.4, 0.5) is 4.79 Å². The van der Waals surface area contributed by atoms with Crippen LogP contribution in [0, 0.1) is 0 Å². The number of rotatable bonds is 5. The number of carbonyl (C=O) groups excluding carboxylic acids is 3. The number of urea groups is 1. The summed E-state index contributed by atoms with van der Waals surface area (Å²) in [6.07, 6.45) is 0. The maximum atomic E-state index is 13.2. The molecule has 1 aliphatic rings.